The molecule has 1 N–H and O–H groups in total. The Bertz CT molecular complexity index is 825. The van der Waals surface area contributed by atoms with E-state index in [2.05, 4.69) is 71.5 Å². The van der Waals surface area contributed by atoms with E-state index in [9.17, 15) is 4.79 Å². The summed E-state index contributed by atoms with van der Waals surface area (Å²) in [5.41, 5.74) is 2.50. The van der Waals surface area contributed by atoms with Crippen LogP contribution < -0.4 is 10.2 Å². The minimum atomic E-state index is 0.108. The lowest BCUT2D eigenvalue weighted by molar-refractivity contribution is -0.126. The zero-order chi connectivity index (χ0) is 22.9. The normalized spacial score (nSPS) is 15.8. The summed E-state index contributed by atoms with van der Waals surface area (Å²) in [6.45, 7) is 13.7. The molecule has 1 unspecified atom stereocenters. The van der Waals surface area contributed by atoms with Gasteiger partial charge in [-0.15, -0.1) is 0 Å². The van der Waals surface area contributed by atoms with Crippen LogP contribution in [-0.4, -0.2) is 58.9 Å². The number of rotatable bonds is 11. The fourth-order valence-corrected chi connectivity index (χ4v) is 5.00. The molecule has 32 heavy (non-hydrogen) atoms. The van der Waals surface area contributed by atoms with E-state index in [-0.39, 0.29) is 17.9 Å². The highest BCUT2D eigenvalue weighted by atomic mass is 32.1. The third kappa shape index (κ3) is 7.27. The quantitative estimate of drug-likeness (QED) is 0.546. The second-order valence-corrected chi connectivity index (χ2v) is 9.73. The van der Waals surface area contributed by atoms with Gasteiger partial charge in [0.1, 0.15) is 5.82 Å². The topological polar surface area (TPSA) is 61.4 Å². The van der Waals surface area contributed by atoms with Gasteiger partial charge in [-0.25, -0.2) is 4.98 Å². The summed E-state index contributed by atoms with van der Waals surface area (Å²) in [6.07, 6.45) is 4.69. The van der Waals surface area contributed by atoms with Crippen molar-refractivity contribution in [3.8, 4) is 0 Å². The van der Waals surface area contributed by atoms with Gasteiger partial charge in [0, 0.05) is 43.0 Å². The summed E-state index contributed by atoms with van der Waals surface area (Å²) in [5.74, 6) is 1.21. The van der Waals surface area contributed by atoms with Crippen molar-refractivity contribution < 1.29 is 4.79 Å². The summed E-state index contributed by atoms with van der Waals surface area (Å²) >= 11 is 1.47. The lowest BCUT2D eigenvalue weighted by Crippen LogP contribution is -2.43. The number of nitrogens with zero attached hydrogens (tertiary/aromatic N) is 4. The molecule has 1 atom stereocenters. The molecular formula is C25H39N5OS. The van der Waals surface area contributed by atoms with Gasteiger partial charge in [-0.1, -0.05) is 43.7 Å². The number of piperidine rings is 1. The maximum Gasteiger partial charge on any atom is 0.223 e. The third-order valence-corrected chi connectivity index (χ3v) is 7.29. The molecular weight excluding hydrogens is 418 g/mol. The highest BCUT2D eigenvalue weighted by Crippen LogP contribution is 2.25. The largest absolute Gasteiger partial charge is 0.353 e. The molecule has 0 saturated carbocycles. The molecule has 0 radical (unpaired) electrons. The maximum atomic E-state index is 12.7. The third-order valence-electron chi connectivity index (χ3n) is 6.47. The van der Waals surface area contributed by atoms with Crippen LogP contribution >= 0.6 is 11.5 Å². The minimum absolute atomic E-state index is 0.108. The molecule has 7 heteroatoms. The summed E-state index contributed by atoms with van der Waals surface area (Å²) in [4.78, 5) is 22.2. The Kier molecular flexibility index (Phi) is 9.48. The van der Waals surface area contributed by atoms with Crippen molar-refractivity contribution in [3.63, 3.8) is 0 Å². The van der Waals surface area contributed by atoms with E-state index in [0.29, 0.717) is 0 Å². The van der Waals surface area contributed by atoms with Gasteiger partial charge < -0.3 is 15.1 Å². The predicted molar refractivity (Wildman–Crippen MR) is 133 cm³/mol. The number of aromatic nitrogens is 2. The molecule has 0 aliphatic carbocycles. The smallest absolute Gasteiger partial charge is 0.223 e. The Morgan fingerprint density at radius 3 is 2.56 bits per heavy atom. The number of carbonyl (C=O) groups is 1. The van der Waals surface area contributed by atoms with Crippen LogP contribution in [0.25, 0.3) is 0 Å². The zero-order valence-corrected chi connectivity index (χ0v) is 21.0. The van der Waals surface area contributed by atoms with Crippen LogP contribution in [0.15, 0.2) is 24.3 Å². The van der Waals surface area contributed by atoms with E-state index in [1.54, 1.807) is 0 Å². The minimum Gasteiger partial charge on any atom is -0.353 e. The van der Waals surface area contributed by atoms with Crippen LogP contribution in [0.4, 0.5) is 5.13 Å². The number of aryl methyl sites for hydroxylation is 1. The van der Waals surface area contributed by atoms with Crippen LogP contribution in [-0.2, 0) is 11.2 Å². The van der Waals surface area contributed by atoms with Crippen molar-refractivity contribution in [2.45, 2.75) is 65.8 Å². The van der Waals surface area contributed by atoms with E-state index >= 15 is 0 Å². The van der Waals surface area contributed by atoms with E-state index in [1.165, 1.54) is 22.7 Å². The van der Waals surface area contributed by atoms with Gasteiger partial charge in [0.05, 0.1) is 0 Å². The van der Waals surface area contributed by atoms with E-state index < -0.39 is 0 Å². The molecule has 0 spiro atoms. The van der Waals surface area contributed by atoms with Crippen LogP contribution in [0.3, 0.4) is 0 Å². The number of amides is 1. The Hall–Kier alpha value is -1.99. The van der Waals surface area contributed by atoms with Crippen molar-refractivity contribution in [2.75, 3.05) is 37.6 Å². The molecule has 2 aromatic rings. The van der Waals surface area contributed by atoms with Crippen molar-refractivity contribution >= 4 is 22.6 Å². The van der Waals surface area contributed by atoms with Gasteiger partial charge >= 0.3 is 0 Å². The summed E-state index contributed by atoms with van der Waals surface area (Å²) in [5, 5.41) is 4.23. The van der Waals surface area contributed by atoms with Gasteiger partial charge in [0.2, 0.25) is 11.0 Å². The number of hydrogen-bond donors (Lipinski definition) is 1. The average Bonchev–Trinajstić information content (AvgIpc) is 3.27. The molecule has 0 bridgehead atoms. The second kappa shape index (κ2) is 12.3. The number of carbonyl (C=O) groups excluding carboxylic acids is 1. The zero-order valence-electron chi connectivity index (χ0n) is 20.1. The lowest BCUT2D eigenvalue weighted by atomic mass is 9.95. The molecule has 3 rings (SSSR count). The second-order valence-electron chi connectivity index (χ2n) is 9.00. The van der Waals surface area contributed by atoms with Gasteiger partial charge in [-0.2, -0.15) is 4.37 Å². The van der Waals surface area contributed by atoms with Crippen molar-refractivity contribution in [1.29, 1.82) is 0 Å². The molecule has 1 amide bonds. The van der Waals surface area contributed by atoms with Crippen LogP contribution in [0, 0.1) is 12.8 Å². The van der Waals surface area contributed by atoms with Gasteiger partial charge in [-0.3, -0.25) is 4.79 Å². The molecule has 1 aromatic heterocycles. The fraction of sp³-hybridized carbons (Fsp3) is 0.640. The first kappa shape index (κ1) is 24.6. The first-order valence-electron chi connectivity index (χ1n) is 12.1. The first-order chi connectivity index (χ1) is 15.5. The molecule has 1 aliphatic heterocycles. The van der Waals surface area contributed by atoms with E-state index in [1.807, 2.05) is 0 Å². The highest BCUT2D eigenvalue weighted by molar-refractivity contribution is 7.09. The molecule has 2 heterocycles. The maximum absolute atomic E-state index is 12.7. The van der Waals surface area contributed by atoms with Crippen LogP contribution in [0.2, 0.25) is 0 Å². The molecule has 1 saturated heterocycles. The number of benzene rings is 1. The van der Waals surface area contributed by atoms with Crippen molar-refractivity contribution in [2.24, 2.45) is 5.92 Å². The lowest BCUT2D eigenvalue weighted by Gasteiger charge is -2.31. The van der Waals surface area contributed by atoms with Gasteiger partial charge in [0.25, 0.3) is 0 Å². The SMILES string of the molecule is CCN(CC)CCCC(C)NC(=O)C1CCN(c2nc(Cc3ccc(C)cc3)ns2)CC1. The Morgan fingerprint density at radius 1 is 1.22 bits per heavy atom. The molecule has 176 valence electrons. The number of hydrogen-bond acceptors (Lipinski definition) is 6. The highest BCUT2D eigenvalue weighted by Gasteiger charge is 2.27. The monoisotopic (exact) mass is 457 g/mol. The number of nitrogens with one attached hydrogen (secondary N) is 1. The van der Waals surface area contributed by atoms with Gasteiger partial charge in [0.15, 0.2) is 0 Å². The van der Waals surface area contributed by atoms with E-state index in [4.69, 9.17) is 4.98 Å². The summed E-state index contributed by atoms with van der Waals surface area (Å²) in [7, 11) is 0. The fourth-order valence-electron chi connectivity index (χ4n) is 4.26. The molecule has 1 fully saturated rings. The van der Waals surface area contributed by atoms with Gasteiger partial charge in [-0.05, 0) is 64.7 Å². The van der Waals surface area contributed by atoms with Crippen LogP contribution in [0.5, 0.6) is 0 Å². The Morgan fingerprint density at radius 2 is 1.91 bits per heavy atom. The summed E-state index contributed by atoms with van der Waals surface area (Å²) in [6, 6.07) is 8.79. The average molecular weight is 458 g/mol. The first-order valence-corrected chi connectivity index (χ1v) is 12.9. The van der Waals surface area contributed by atoms with E-state index in [0.717, 1.165) is 75.8 Å². The molecule has 1 aliphatic rings. The van der Waals surface area contributed by atoms with Crippen LogP contribution in [0.1, 0.15) is 63.4 Å². The van der Waals surface area contributed by atoms with Crippen molar-refractivity contribution in [3.05, 3.63) is 41.2 Å². The van der Waals surface area contributed by atoms with Crippen molar-refractivity contribution in [1.82, 2.24) is 19.6 Å². The Labute approximate surface area is 197 Å². The summed E-state index contributed by atoms with van der Waals surface area (Å²) < 4.78 is 4.56. The standard InChI is InChI=1S/C25H39N5OS/c1-5-29(6-2)15-7-8-20(4)26-24(31)22-13-16-30(17-14-22)25-27-23(28-32-25)18-21-11-9-19(3)10-12-21/h9-12,20,22H,5-8,13-18H2,1-4H3,(H,26,31). The molecule has 6 nitrogen and oxygen atoms in total. The predicted octanol–water partition coefficient (Wildman–Crippen LogP) is 4.28. The number of anilines is 1. The molecule has 1 aromatic carbocycles. The Balaban J connectivity index is 1.40.